The van der Waals surface area contributed by atoms with Crippen molar-refractivity contribution in [1.82, 2.24) is 5.32 Å². The van der Waals surface area contributed by atoms with E-state index in [0.717, 1.165) is 0 Å². The van der Waals surface area contributed by atoms with E-state index in [9.17, 15) is 32.3 Å². The average molecular weight is 691 g/mol. The van der Waals surface area contributed by atoms with Crippen LogP contribution in [-0.4, -0.2) is 43.2 Å². The summed E-state index contributed by atoms with van der Waals surface area (Å²) < 4.78 is 58.3. The third-order valence-electron chi connectivity index (χ3n) is 8.76. The van der Waals surface area contributed by atoms with E-state index in [1.54, 1.807) is 0 Å². The molecule has 0 spiro atoms. The number of thioether (sulfide) groups is 1. The standard InChI is InChI=1S/C31H26Cl3F4NO4S/c32-28-11-27(12-29(33,14-28)16-30(34,13-27)15-28)24(26(41)42)39-25(40)22-7-3-18-9-19(35)4-8-21(18)23(22)43-10-17-1-5-20(6-2-17)44-31(36,37)38/h1-9,24H,10-16H2,(H,39,40)(H,41,42). The van der Waals surface area contributed by atoms with Crippen LogP contribution in [0.2, 0.25) is 0 Å². The molecule has 3 aromatic carbocycles. The Balaban J connectivity index is 1.31. The predicted molar refractivity (Wildman–Crippen MR) is 161 cm³/mol. The number of carbonyl (C=O) groups is 2. The Morgan fingerprint density at radius 2 is 1.50 bits per heavy atom. The second-order valence-corrected chi connectivity index (χ2v) is 16.0. The van der Waals surface area contributed by atoms with E-state index in [2.05, 4.69) is 5.32 Å². The van der Waals surface area contributed by atoms with Gasteiger partial charge in [-0.1, -0.05) is 18.2 Å². The highest BCUT2D eigenvalue weighted by molar-refractivity contribution is 8.00. The van der Waals surface area contributed by atoms with E-state index in [1.165, 1.54) is 54.6 Å². The van der Waals surface area contributed by atoms with E-state index in [1.807, 2.05) is 0 Å². The maximum absolute atomic E-state index is 14.0. The highest BCUT2D eigenvalue weighted by Gasteiger charge is 2.70. The van der Waals surface area contributed by atoms with Crippen LogP contribution >= 0.6 is 46.6 Å². The van der Waals surface area contributed by atoms with Crippen molar-refractivity contribution in [1.29, 1.82) is 0 Å². The van der Waals surface area contributed by atoms with Crippen LogP contribution in [0, 0.1) is 11.2 Å². The van der Waals surface area contributed by atoms with Crippen molar-refractivity contribution in [2.24, 2.45) is 5.41 Å². The monoisotopic (exact) mass is 689 g/mol. The highest BCUT2D eigenvalue weighted by atomic mass is 35.5. The fourth-order valence-electron chi connectivity index (χ4n) is 7.89. The van der Waals surface area contributed by atoms with E-state index in [0.29, 0.717) is 54.9 Å². The number of carboxylic acids is 1. The first kappa shape index (κ1) is 31.6. The minimum absolute atomic E-state index is 0.00233. The molecule has 4 bridgehead atoms. The van der Waals surface area contributed by atoms with Gasteiger partial charge < -0.3 is 15.2 Å². The molecule has 3 aromatic rings. The SMILES string of the molecule is O=C(NC(C(=O)O)C12CC3(Cl)CC(Cl)(CC(Cl)(C3)C1)C2)c1ccc2cc(F)ccc2c1OCc1ccc(SC(F)(F)F)cc1. The zero-order chi connectivity index (χ0) is 31.7. The molecule has 2 N–H and O–H groups in total. The van der Waals surface area contributed by atoms with Crippen LogP contribution in [0.15, 0.2) is 59.5 Å². The summed E-state index contributed by atoms with van der Waals surface area (Å²) in [7, 11) is 0. The summed E-state index contributed by atoms with van der Waals surface area (Å²) in [5.41, 5.74) is -4.89. The van der Waals surface area contributed by atoms with Gasteiger partial charge in [0.05, 0.1) is 5.56 Å². The molecule has 1 unspecified atom stereocenters. The van der Waals surface area contributed by atoms with Crippen LogP contribution in [0.4, 0.5) is 17.6 Å². The number of carboxylic acid groups (broad SMARTS) is 1. The summed E-state index contributed by atoms with van der Waals surface area (Å²) in [5, 5.41) is 13.9. The smallest absolute Gasteiger partial charge is 0.446 e. The summed E-state index contributed by atoms with van der Waals surface area (Å²) in [6, 6.07) is 11.1. The Bertz CT molecular complexity index is 1600. The quantitative estimate of drug-likeness (QED) is 0.141. The molecule has 234 valence electrons. The maximum atomic E-state index is 14.0. The number of benzene rings is 3. The molecule has 0 aliphatic heterocycles. The molecule has 0 radical (unpaired) electrons. The molecule has 5 nitrogen and oxygen atoms in total. The third kappa shape index (κ3) is 6.19. The lowest BCUT2D eigenvalue weighted by atomic mass is 9.46. The molecular formula is C31H26Cl3F4NO4S. The zero-order valence-corrected chi connectivity index (χ0v) is 26.0. The number of hydrogen-bond donors (Lipinski definition) is 2. The summed E-state index contributed by atoms with van der Waals surface area (Å²) in [5.74, 6) is -2.42. The summed E-state index contributed by atoms with van der Waals surface area (Å²) in [6.45, 7) is -0.127. The number of ether oxygens (including phenoxy) is 1. The van der Waals surface area contributed by atoms with Crippen LogP contribution in [0.3, 0.4) is 0 Å². The minimum atomic E-state index is -4.43. The number of rotatable bonds is 8. The molecule has 4 aliphatic rings. The van der Waals surface area contributed by atoms with Crippen LogP contribution < -0.4 is 10.1 Å². The average Bonchev–Trinajstić information content (AvgIpc) is 2.87. The van der Waals surface area contributed by atoms with Gasteiger partial charge in [-0.25, -0.2) is 9.18 Å². The Morgan fingerprint density at radius 1 is 0.909 bits per heavy atom. The molecule has 13 heteroatoms. The number of fused-ring (bicyclic) bond motifs is 1. The number of nitrogens with one attached hydrogen (secondary N) is 1. The summed E-state index contributed by atoms with van der Waals surface area (Å²) in [6.07, 6.45) is 2.46. The van der Waals surface area contributed by atoms with E-state index < -0.39 is 49.3 Å². The van der Waals surface area contributed by atoms with Gasteiger partial charge in [0.25, 0.3) is 5.91 Å². The normalized spacial score (nSPS) is 29.9. The number of hydrogen-bond acceptors (Lipinski definition) is 4. The predicted octanol–water partition coefficient (Wildman–Crippen LogP) is 8.65. The number of aliphatic carboxylic acids is 1. The van der Waals surface area contributed by atoms with Crippen molar-refractivity contribution in [3.05, 3.63) is 71.5 Å². The van der Waals surface area contributed by atoms with Gasteiger partial charge in [-0.05, 0) is 97.6 Å². The topological polar surface area (TPSA) is 75.6 Å². The number of alkyl halides is 6. The Morgan fingerprint density at radius 3 is 2.05 bits per heavy atom. The fraction of sp³-hybridized carbons (Fsp3) is 0.419. The van der Waals surface area contributed by atoms with Gasteiger partial charge >= 0.3 is 11.5 Å². The van der Waals surface area contributed by atoms with Crippen molar-refractivity contribution >= 4 is 69.2 Å². The lowest BCUT2D eigenvalue weighted by Gasteiger charge is -2.66. The van der Waals surface area contributed by atoms with Crippen LogP contribution in [-0.2, 0) is 11.4 Å². The molecule has 7 rings (SSSR count). The van der Waals surface area contributed by atoms with Crippen LogP contribution in [0.5, 0.6) is 5.75 Å². The van der Waals surface area contributed by atoms with Crippen molar-refractivity contribution < 1.29 is 37.0 Å². The first-order chi connectivity index (χ1) is 20.5. The van der Waals surface area contributed by atoms with E-state index in [-0.39, 0.29) is 34.6 Å². The second kappa shape index (κ2) is 10.9. The highest BCUT2D eigenvalue weighted by Crippen LogP contribution is 2.71. The van der Waals surface area contributed by atoms with Crippen molar-refractivity contribution in [3.8, 4) is 5.75 Å². The van der Waals surface area contributed by atoms with Gasteiger partial charge in [-0.3, -0.25) is 4.79 Å². The lowest BCUT2D eigenvalue weighted by molar-refractivity contribution is -0.148. The van der Waals surface area contributed by atoms with Crippen molar-refractivity contribution in [3.63, 3.8) is 0 Å². The van der Waals surface area contributed by atoms with Gasteiger partial charge in [-0.15, -0.1) is 34.8 Å². The van der Waals surface area contributed by atoms with E-state index in [4.69, 9.17) is 39.5 Å². The zero-order valence-electron chi connectivity index (χ0n) is 22.9. The molecule has 1 amide bonds. The molecule has 0 aromatic heterocycles. The molecule has 0 saturated heterocycles. The number of carbonyl (C=O) groups excluding carboxylic acids is 1. The Labute approximate surface area is 269 Å². The first-order valence-corrected chi connectivity index (χ1v) is 15.7. The molecule has 4 aliphatic carbocycles. The Kier molecular flexibility index (Phi) is 7.79. The molecule has 1 atom stereocenters. The largest absolute Gasteiger partial charge is 0.487 e. The van der Waals surface area contributed by atoms with Gasteiger partial charge in [0.1, 0.15) is 24.2 Å². The maximum Gasteiger partial charge on any atom is 0.446 e. The molecular weight excluding hydrogens is 665 g/mol. The summed E-state index contributed by atoms with van der Waals surface area (Å²) >= 11 is 20.7. The first-order valence-electron chi connectivity index (χ1n) is 13.8. The van der Waals surface area contributed by atoms with Crippen LogP contribution in [0.25, 0.3) is 10.8 Å². The third-order valence-corrected chi connectivity index (χ3v) is 10.7. The van der Waals surface area contributed by atoms with Gasteiger partial charge in [0.15, 0.2) is 0 Å². The van der Waals surface area contributed by atoms with Crippen molar-refractivity contribution in [2.45, 2.75) is 76.2 Å². The molecule has 44 heavy (non-hydrogen) atoms. The molecule has 4 fully saturated rings. The molecule has 4 saturated carbocycles. The summed E-state index contributed by atoms with van der Waals surface area (Å²) in [4.78, 5) is 24.3. The minimum Gasteiger partial charge on any atom is -0.487 e. The van der Waals surface area contributed by atoms with Crippen LogP contribution in [0.1, 0.15) is 54.4 Å². The molecule has 0 heterocycles. The van der Waals surface area contributed by atoms with Gasteiger partial charge in [0, 0.05) is 30.3 Å². The van der Waals surface area contributed by atoms with Gasteiger partial charge in [-0.2, -0.15) is 13.2 Å². The second-order valence-electron chi connectivity index (χ2n) is 12.4. The number of amides is 1. The Hall–Kier alpha value is -2.40. The number of halogens is 7. The fourth-order valence-corrected chi connectivity index (χ4v) is 11.0. The van der Waals surface area contributed by atoms with Gasteiger partial charge in [0.2, 0.25) is 0 Å². The van der Waals surface area contributed by atoms with Crippen molar-refractivity contribution in [2.75, 3.05) is 0 Å². The van der Waals surface area contributed by atoms with E-state index >= 15 is 0 Å². The lowest BCUT2D eigenvalue weighted by Crippen LogP contribution is -2.70.